The maximum absolute atomic E-state index is 11.9. The van der Waals surface area contributed by atoms with Crippen molar-refractivity contribution in [1.82, 2.24) is 20.1 Å². The van der Waals surface area contributed by atoms with Crippen molar-refractivity contribution in [3.05, 3.63) is 61.1 Å². The molecule has 26 heavy (non-hydrogen) atoms. The second-order valence-electron chi connectivity index (χ2n) is 5.49. The van der Waals surface area contributed by atoms with Gasteiger partial charge in [0.05, 0.1) is 19.3 Å². The molecule has 3 rings (SSSR count). The molecule has 7 heteroatoms. The summed E-state index contributed by atoms with van der Waals surface area (Å²) in [6.07, 6.45) is 5.35. The maximum Gasteiger partial charge on any atom is 0.258 e. The summed E-state index contributed by atoms with van der Waals surface area (Å²) < 4.78 is 12.5. The van der Waals surface area contributed by atoms with Gasteiger partial charge in [0.2, 0.25) is 0 Å². The number of carbonyl (C=O) groups excluding carboxylic acids is 1. The van der Waals surface area contributed by atoms with E-state index in [1.807, 2.05) is 36.5 Å². The number of rotatable bonds is 8. The van der Waals surface area contributed by atoms with Crippen molar-refractivity contribution in [2.45, 2.75) is 6.54 Å². The SMILES string of the molecule is COc1ccccc1OCC(=O)NCCn1ccc(-c2ccncc2)n1. The van der Waals surface area contributed by atoms with Gasteiger partial charge in [0, 0.05) is 30.7 Å². The van der Waals surface area contributed by atoms with Crippen LogP contribution in [0.5, 0.6) is 11.5 Å². The van der Waals surface area contributed by atoms with Crippen LogP contribution >= 0.6 is 0 Å². The summed E-state index contributed by atoms with van der Waals surface area (Å²) in [4.78, 5) is 15.9. The second-order valence-corrected chi connectivity index (χ2v) is 5.49. The number of benzene rings is 1. The molecule has 2 aromatic heterocycles. The van der Waals surface area contributed by atoms with Gasteiger partial charge in [-0.2, -0.15) is 5.10 Å². The van der Waals surface area contributed by atoms with Gasteiger partial charge < -0.3 is 14.8 Å². The topological polar surface area (TPSA) is 78.3 Å². The van der Waals surface area contributed by atoms with Crippen molar-refractivity contribution in [2.75, 3.05) is 20.3 Å². The van der Waals surface area contributed by atoms with Gasteiger partial charge in [-0.25, -0.2) is 0 Å². The van der Waals surface area contributed by atoms with Crippen molar-refractivity contribution in [3.63, 3.8) is 0 Å². The number of ether oxygens (including phenoxy) is 2. The van der Waals surface area contributed by atoms with Crippen LogP contribution in [0.3, 0.4) is 0 Å². The highest BCUT2D eigenvalue weighted by atomic mass is 16.5. The molecule has 3 aromatic rings. The average Bonchev–Trinajstić information content (AvgIpc) is 3.16. The lowest BCUT2D eigenvalue weighted by Crippen LogP contribution is -2.31. The van der Waals surface area contributed by atoms with Crippen molar-refractivity contribution in [2.24, 2.45) is 0 Å². The lowest BCUT2D eigenvalue weighted by atomic mass is 10.2. The number of hydrogen-bond donors (Lipinski definition) is 1. The molecule has 0 unspecified atom stereocenters. The van der Waals surface area contributed by atoms with E-state index in [1.165, 1.54) is 0 Å². The van der Waals surface area contributed by atoms with E-state index in [0.29, 0.717) is 24.6 Å². The molecule has 0 aliphatic rings. The molecular weight excluding hydrogens is 332 g/mol. The maximum atomic E-state index is 11.9. The van der Waals surface area contributed by atoms with Gasteiger partial charge in [-0.3, -0.25) is 14.5 Å². The van der Waals surface area contributed by atoms with E-state index in [1.54, 1.807) is 36.3 Å². The largest absolute Gasteiger partial charge is 0.493 e. The number of pyridine rings is 1. The van der Waals surface area contributed by atoms with Crippen molar-refractivity contribution in [1.29, 1.82) is 0 Å². The minimum Gasteiger partial charge on any atom is -0.493 e. The van der Waals surface area contributed by atoms with E-state index < -0.39 is 0 Å². The smallest absolute Gasteiger partial charge is 0.258 e. The first-order valence-corrected chi connectivity index (χ1v) is 8.22. The molecule has 1 amide bonds. The Morgan fingerprint density at radius 2 is 1.88 bits per heavy atom. The molecule has 1 aromatic carbocycles. The van der Waals surface area contributed by atoms with Gasteiger partial charge in [0.1, 0.15) is 0 Å². The molecule has 0 fully saturated rings. The average molecular weight is 352 g/mol. The van der Waals surface area contributed by atoms with Crippen LogP contribution in [0.15, 0.2) is 61.1 Å². The summed E-state index contributed by atoms with van der Waals surface area (Å²) in [5.41, 5.74) is 1.88. The Balaban J connectivity index is 1.43. The van der Waals surface area contributed by atoms with Crippen LogP contribution in [0.1, 0.15) is 0 Å². The van der Waals surface area contributed by atoms with Crippen molar-refractivity contribution < 1.29 is 14.3 Å². The van der Waals surface area contributed by atoms with Gasteiger partial charge >= 0.3 is 0 Å². The fraction of sp³-hybridized carbons (Fsp3) is 0.211. The van der Waals surface area contributed by atoms with Crippen LogP contribution in [-0.2, 0) is 11.3 Å². The zero-order valence-electron chi connectivity index (χ0n) is 14.5. The summed E-state index contributed by atoms with van der Waals surface area (Å²) >= 11 is 0. The lowest BCUT2D eigenvalue weighted by molar-refractivity contribution is -0.123. The Morgan fingerprint density at radius 3 is 2.65 bits per heavy atom. The molecule has 0 saturated carbocycles. The third-order valence-electron chi connectivity index (χ3n) is 3.71. The predicted molar refractivity (Wildman–Crippen MR) is 97.0 cm³/mol. The first-order chi connectivity index (χ1) is 12.8. The van der Waals surface area contributed by atoms with Crippen LogP contribution in [0.25, 0.3) is 11.3 Å². The first kappa shape index (κ1) is 17.5. The van der Waals surface area contributed by atoms with E-state index in [9.17, 15) is 4.79 Å². The lowest BCUT2D eigenvalue weighted by Gasteiger charge is -2.10. The van der Waals surface area contributed by atoms with Gasteiger partial charge in [0.15, 0.2) is 18.1 Å². The molecule has 2 heterocycles. The van der Waals surface area contributed by atoms with Gasteiger partial charge in [-0.15, -0.1) is 0 Å². The highest BCUT2D eigenvalue weighted by Crippen LogP contribution is 2.25. The zero-order chi connectivity index (χ0) is 18.2. The van der Waals surface area contributed by atoms with Gasteiger partial charge in [-0.05, 0) is 30.3 Å². The fourth-order valence-electron chi connectivity index (χ4n) is 2.41. The monoisotopic (exact) mass is 352 g/mol. The number of hydrogen-bond acceptors (Lipinski definition) is 5. The number of carbonyl (C=O) groups is 1. The summed E-state index contributed by atoms with van der Waals surface area (Å²) in [6.45, 7) is 0.971. The summed E-state index contributed by atoms with van der Waals surface area (Å²) in [5, 5.41) is 7.30. The number of para-hydroxylation sites is 2. The Bertz CT molecular complexity index is 849. The quantitative estimate of drug-likeness (QED) is 0.672. The Labute approximate surface area is 151 Å². The molecule has 0 spiro atoms. The standard InChI is InChI=1S/C19H20N4O3/c1-25-17-4-2-3-5-18(17)26-14-19(24)21-11-13-23-12-8-16(22-23)15-6-9-20-10-7-15/h2-10,12H,11,13-14H2,1H3,(H,21,24). The van der Waals surface area contributed by atoms with E-state index in [4.69, 9.17) is 9.47 Å². The number of nitrogens with zero attached hydrogens (tertiary/aromatic N) is 3. The fourth-order valence-corrected chi connectivity index (χ4v) is 2.41. The summed E-state index contributed by atoms with van der Waals surface area (Å²) in [5.74, 6) is 0.942. The van der Waals surface area contributed by atoms with Gasteiger partial charge in [0.25, 0.3) is 5.91 Å². The van der Waals surface area contributed by atoms with E-state index in [0.717, 1.165) is 11.3 Å². The minimum absolute atomic E-state index is 0.0677. The van der Waals surface area contributed by atoms with Crippen LogP contribution in [-0.4, -0.2) is 40.9 Å². The highest BCUT2D eigenvalue weighted by Gasteiger charge is 2.07. The molecule has 1 N–H and O–H groups in total. The normalized spacial score (nSPS) is 10.3. The second kappa shape index (κ2) is 8.66. The molecule has 0 saturated heterocycles. The Hall–Kier alpha value is -3.35. The Kier molecular flexibility index (Phi) is 5.82. The highest BCUT2D eigenvalue weighted by molar-refractivity contribution is 5.77. The number of amides is 1. The number of nitrogens with one attached hydrogen (secondary N) is 1. The van der Waals surface area contributed by atoms with Crippen LogP contribution in [0.2, 0.25) is 0 Å². The van der Waals surface area contributed by atoms with Crippen LogP contribution in [0, 0.1) is 0 Å². The van der Waals surface area contributed by atoms with E-state index >= 15 is 0 Å². The number of methoxy groups -OCH3 is 1. The first-order valence-electron chi connectivity index (χ1n) is 8.22. The molecule has 134 valence electrons. The Morgan fingerprint density at radius 1 is 1.12 bits per heavy atom. The molecule has 7 nitrogen and oxygen atoms in total. The molecule has 0 aliphatic heterocycles. The molecule has 0 atom stereocenters. The predicted octanol–water partition coefficient (Wildman–Crippen LogP) is 2.15. The summed E-state index contributed by atoms with van der Waals surface area (Å²) in [7, 11) is 1.56. The van der Waals surface area contributed by atoms with Crippen molar-refractivity contribution >= 4 is 5.91 Å². The number of aromatic nitrogens is 3. The third-order valence-corrected chi connectivity index (χ3v) is 3.71. The summed E-state index contributed by atoms with van der Waals surface area (Å²) in [6, 6.07) is 13.0. The third kappa shape index (κ3) is 4.60. The molecular formula is C19H20N4O3. The van der Waals surface area contributed by atoms with Crippen LogP contribution < -0.4 is 14.8 Å². The molecule has 0 aliphatic carbocycles. The molecule has 0 bridgehead atoms. The molecule has 0 radical (unpaired) electrons. The minimum atomic E-state index is -0.197. The van der Waals surface area contributed by atoms with E-state index in [-0.39, 0.29) is 12.5 Å². The zero-order valence-corrected chi connectivity index (χ0v) is 14.5. The van der Waals surface area contributed by atoms with Crippen LogP contribution in [0.4, 0.5) is 0 Å². The van der Waals surface area contributed by atoms with Crippen molar-refractivity contribution in [3.8, 4) is 22.8 Å². The van der Waals surface area contributed by atoms with Gasteiger partial charge in [-0.1, -0.05) is 12.1 Å². The van der Waals surface area contributed by atoms with E-state index in [2.05, 4.69) is 15.4 Å².